The molecule has 1 unspecified atom stereocenters. The Morgan fingerprint density at radius 1 is 1.19 bits per heavy atom. The third kappa shape index (κ3) is 4.87. The van der Waals surface area contributed by atoms with Gasteiger partial charge in [-0.2, -0.15) is 9.97 Å². The summed E-state index contributed by atoms with van der Waals surface area (Å²) in [6, 6.07) is 8.21. The van der Waals surface area contributed by atoms with Gasteiger partial charge in [0, 0.05) is 20.2 Å². The number of aliphatic hydroxyl groups is 1. The molecule has 1 aromatic carbocycles. The summed E-state index contributed by atoms with van der Waals surface area (Å²) >= 11 is 0. The van der Waals surface area contributed by atoms with Gasteiger partial charge in [-0.05, 0) is 37.1 Å². The normalized spacial score (nSPS) is 18.7. The number of aromatic nitrogens is 2. The number of nitrogens with two attached hydrogens (primary N) is 1. The van der Waals surface area contributed by atoms with Crippen LogP contribution in [0.1, 0.15) is 24.0 Å². The van der Waals surface area contributed by atoms with Gasteiger partial charge in [0.05, 0.1) is 6.61 Å². The fraction of sp³-hybridized carbons (Fsp3) is 0.476. The van der Waals surface area contributed by atoms with Crippen molar-refractivity contribution >= 4 is 23.2 Å². The molecule has 1 atom stereocenters. The van der Waals surface area contributed by atoms with Crippen molar-refractivity contribution in [2.75, 3.05) is 49.4 Å². The van der Waals surface area contributed by atoms with Crippen molar-refractivity contribution in [2.45, 2.75) is 32.2 Å². The molecule has 0 saturated carbocycles. The highest BCUT2D eigenvalue weighted by Crippen LogP contribution is 2.36. The van der Waals surface area contributed by atoms with Crippen LogP contribution in [-0.4, -0.2) is 65.5 Å². The molecule has 0 spiro atoms. The SMILES string of the molecule is COCCOc1nc(N)c2c(n1)N(Cc1cccc(CN3CCCC3)c1)C(O)C(=O)N2. The number of anilines is 3. The fourth-order valence-corrected chi connectivity index (χ4v) is 3.88. The molecule has 10 nitrogen and oxygen atoms in total. The van der Waals surface area contributed by atoms with Gasteiger partial charge in [0.15, 0.2) is 11.6 Å². The van der Waals surface area contributed by atoms with Crippen LogP contribution in [0, 0.1) is 0 Å². The molecule has 2 aliphatic rings. The summed E-state index contributed by atoms with van der Waals surface area (Å²) in [6.45, 7) is 4.02. The minimum absolute atomic E-state index is 0.0597. The molecule has 4 rings (SSSR count). The van der Waals surface area contributed by atoms with Crippen LogP contribution < -0.4 is 20.7 Å². The van der Waals surface area contributed by atoms with E-state index in [1.165, 1.54) is 23.3 Å². The zero-order chi connectivity index (χ0) is 21.8. The summed E-state index contributed by atoms with van der Waals surface area (Å²) in [5.41, 5.74) is 8.45. The fourth-order valence-electron chi connectivity index (χ4n) is 3.88. The number of ether oxygens (including phenoxy) is 2. The zero-order valence-electron chi connectivity index (χ0n) is 17.6. The first kappa shape index (κ1) is 21.3. The molecule has 2 aliphatic heterocycles. The summed E-state index contributed by atoms with van der Waals surface area (Å²) in [5.74, 6) is -0.188. The smallest absolute Gasteiger partial charge is 0.320 e. The lowest BCUT2D eigenvalue weighted by molar-refractivity contribution is -0.124. The Labute approximate surface area is 181 Å². The number of hydrogen-bond donors (Lipinski definition) is 3. The standard InChI is InChI=1S/C21H28N6O4/c1-30-9-10-31-21-24-17(22)16-18(25-21)27(20(29)19(28)23-16)13-15-6-4-5-14(11-15)12-26-7-2-3-8-26/h4-6,11,20,29H,2-3,7-10,12-13H2,1H3,(H,23,28)(H2,22,24,25). The summed E-state index contributed by atoms with van der Waals surface area (Å²) in [7, 11) is 1.57. The quantitative estimate of drug-likeness (QED) is 0.527. The second-order valence-electron chi connectivity index (χ2n) is 7.73. The monoisotopic (exact) mass is 428 g/mol. The molecule has 166 valence electrons. The number of carbonyl (C=O) groups excluding carboxylic acids is 1. The largest absolute Gasteiger partial charge is 0.461 e. The molecule has 0 aliphatic carbocycles. The number of hydrogen-bond acceptors (Lipinski definition) is 9. The summed E-state index contributed by atoms with van der Waals surface area (Å²) in [5, 5.41) is 13.2. The number of rotatable bonds is 8. The van der Waals surface area contributed by atoms with Gasteiger partial charge in [0.2, 0.25) is 6.23 Å². The molecule has 10 heteroatoms. The lowest BCUT2D eigenvalue weighted by Gasteiger charge is -2.34. The predicted octanol–water partition coefficient (Wildman–Crippen LogP) is 0.957. The molecule has 1 saturated heterocycles. The zero-order valence-corrected chi connectivity index (χ0v) is 17.6. The number of likely N-dealkylation sites (tertiary alicyclic amines) is 1. The second kappa shape index (κ2) is 9.46. The molecule has 0 bridgehead atoms. The predicted molar refractivity (Wildman–Crippen MR) is 116 cm³/mol. The third-order valence-electron chi connectivity index (χ3n) is 5.42. The van der Waals surface area contributed by atoms with Crippen LogP contribution in [0.25, 0.3) is 0 Å². The average molecular weight is 428 g/mol. The van der Waals surface area contributed by atoms with Crippen molar-refractivity contribution in [3.05, 3.63) is 35.4 Å². The Hall–Kier alpha value is -2.95. The van der Waals surface area contributed by atoms with Crippen molar-refractivity contribution in [1.29, 1.82) is 0 Å². The van der Waals surface area contributed by atoms with Gasteiger partial charge < -0.3 is 30.5 Å². The number of amides is 1. The number of methoxy groups -OCH3 is 1. The molecule has 1 amide bonds. The van der Waals surface area contributed by atoms with E-state index >= 15 is 0 Å². The Kier molecular flexibility index (Phi) is 6.50. The van der Waals surface area contributed by atoms with E-state index in [1.807, 2.05) is 12.1 Å². The second-order valence-corrected chi connectivity index (χ2v) is 7.73. The van der Waals surface area contributed by atoms with Crippen molar-refractivity contribution < 1.29 is 19.4 Å². The van der Waals surface area contributed by atoms with Gasteiger partial charge in [-0.15, -0.1) is 0 Å². The molecular weight excluding hydrogens is 400 g/mol. The van der Waals surface area contributed by atoms with Crippen LogP contribution in [0.4, 0.5) is 17.3 Å². The van der Waals surface area contributed by atoms with Crippen molar-refractivity contribution in [1.82, 2.24) is 14.9 Å². The number of nitrogens with zero attached hydrogens (tertiary/aromatic N) is 4. The van der Waals surface area contributed by atoms with Gasteiger partial charge in [-0.3, -0.25) is 9.69 Å². The highest BCUT2D eigenvalue weighted by atomic mass is 16.5. The maximum atomic E-state index is 12.3. The van der Waals surface area contributed by atoms with Crippen LogP contribution in [-0.2, 0) is 22.6 Å². The van der Waals surface area contributed by atoms with E-state index in [0.29, 0.717) is 12.4 Å². The maximum Gasteiger partial charge on any atom is 0.320 e. The van der Waals surface area contributed by atoms with Gasteiger partial charge in [0.25, 0.3) is 5.91 Å². The van der Waals surface area contributed by atoms with E-state index < -0.39 is 12.1 Å². The Morgan fingerprint density at radius 2 is 1.94 bits per heavy atom. The van der Waals surface area contributed by atoms with Crippen LogP contribution in [0.5, 0.6) is 6.01 Å². The number of aliphatic hydroxyl groups excluding tert-OH is 1. The lowest BCUT2D eigenvalue weighted by Crippen LogP contribution is -2.48. The highest BCUT2D eigenvalue weighted by molar-refractivity contribution is 6.04. The van der Waals surface area contributed by atoms with Crippen LogP contribution in [0.15, 0.2) is 24.3 Å². The van der Waals surface area contributed by atoms with Gasteiger partial charge >= 0.3 is 6.01 Å². The molecule has 1 fully saturated rings. The van der Waals surface area contributed by atoms with Crippen LogP contribution in [0.3, 0.4) is 0 Å². The molecule has 4 N–H and O–H groups in total. The first-order chi connectivity index (χ1) is 15.0. The first-order valence-electron chi connectivity index (χ1n) is 10.4. The van der Waals surface area contributed by atoms with Crippen LogP contribution in [0.2, 0.25) is 0 Å². The Bertz CT molecular complexity index is 934. The Balaban J connectivity index is 1.58. The minimum Gasteiger partial charge on any atom is -0.461 e. The van der Waals surface area contributed by atoms with Crippen molar-refractivity contribution in [3.63, 3.8) is 0 Å². The molecule has 2 aromatic rings. The number of nitrogen functional groups attached to an aromatic ring is 1. The van der Waals surface area contributed by atoms with E-state index in [-0.39, 0.29) is 30.7 Å². The summed E-state index contributed by atoms with van der Waals surface area (Å²) in [4.78, 5) is 24.7. The van der Waals surface area contributed by atoms with E-state index in [0.717, 1.165) is 25.2 Å². The topological polar surface area (TPSA) is 126 Å². The number of nitrogens with one attached hydrogen (secondary N) is 1. The van der Waals surface area contributed by atoms with Gasteiger partial charge in [-0.1, -0.05) is 24.3 Å². The van der Waals surface area contributed by atoms with E-state index in [1.54, 1.807) is 7.11 Å². The molecule has 0 radical (unpaired) electrons. The molecular formula is C21H28N6O4. The molecule has 31 heavy (non-hydrogen) atoms. The summed E-state index contributed by atoms with van der Waals surface area (Å²) < 4.78 is 10.5. The van der Waals surface area contributed by atoms with E-state index in [2.05, 4.69) is 32.3 Å². The molecule has 1 aromatic heterocycles. The number of fused-ring (bicyclic) bond motifs is 1. The van der Waals surface area contributed by atoms with Crippen molar-refractivity contribution in [2.24, 2.45) is 0 Å². The van der Waals surface area contributed by atoms with Gasteiger partial charge in [0.1, 0.15) is 12.3 Å². The Morgan fingerprint density at radius 3 is 2.68 bits per heavy atom. The highest BCUT2D eigenvalue weighted by Gasteiger charge is 2.35. The maximum absolute atomic E-state index is 12.3. The lowest BCUT2D eigenvalue weighted by atomic mass is 10.1. The third-order valence-corrected chi connectivity index (χ3v) is 5.42. The first-order valence-corrected chi connectivity index (χ1v) is 10.4. The summed E-state index contributed by atoms with van der Waals surface area (Å²) in [6.07, 6.45) is 1.07. The van der Waals surface area contributed by atoms with Crippen LogP contribution >= 0.6 is 0 Å². The van der Waals surface area contributed by atoms with Gasteiger partial charge in [-0.25, -0.2) is 0 Å². The minimum atomic E-state index is -1.41. The number of carbonyl (C=O) groups is 1. The van der Waals surface area contributed by atoms with E-state index in [4.69, 9.17) is 15.2 Å². The van der Waals surface area contributed by atoms with Crippen molar-refractivity contribution in [3.8, 4) is 6.01 Å². The number of benzene rings is 1. The average Bonchev–Trinajstić information content (AvgIpc) is 3.26. The molecule has 3 heterocycles. The van der Waals surface area contributed by atoms with E-state index in [9.17, 15) is 9.90 Å².